The maximum absolute atomic E-state index is 11.9. The molecule has 1 aromatic carbocycles. The summed E-state index contributed by atoms with van der Waals surface area (Å²) in [5.74, 6) is 0.0273. The number of aryl methyl sites for hydroxylation is 2. The molecule has 0 aromatic heterocycles. The molecule has 1 aliphatic rings. The summed E-state index contributed by atoms with van der Waals surface area (Å²) in [4.78, 5) is 11.9. The second-order valence-electron chi connectivity index (χ2n) is 6.23. The number of nitrogens with one attached hydrogen (secondary N) is 1. The number of amides is 1. The Morgan fingerprint density at radius 2 is 2.05 bits per heavy atom. The Hall–Kier alpha value is -1.35. The van der Waals surface area contributed by atoms with Crippen LogP contribution in [0.3, 0.4) is 0 Å². The molecule has 19 heavy (non-hydrogen) atoms. The molecule has 1 aliphatic carbocycles. The number of hydrogen-bond acceptors (Lipinski definition) is 2. The van der Waals surface area contributed by atoms with Crippen LogP contribution in [0.15, 0.2) is 18.2 Å². The molecular formula is C16H23NO2. The molecule has 0 radical (unpaired) electrons. The van der Waals surface area contributed by atoms with Crippen molar-refractivity contribution < 1.29 is 9.90 Å². The fourth-order valence-corrected chi connectivity index (χ4v) is 2.38. The molecule has 0 spiro atoms. The molecule has 0 saturated heterocycles. The minimum absolute atomic E-state index is 0.0273. The number of carbonyl (C=O) groups excluding carboxylic acids is 1. The van der Waals surface area contributed by atoms with Crippen molar-refractivity contribution in [1.82, 2.24) is 5.32 Å². The van der Waals surface area contributed by atoms with Gasteiger partial charge >= 0.3 is 0 Å². The van der Waals surface area contributed by atoms with E-state index >= 15 is 0 Å². The van der Waals surface area contributed by atoms with Crippen LogP contribution in [0.1, 0.15) is 37.0 Å². The molecule has 0 aliphatic heterocycles. The van der Waals surface area contributed by atoms with Gasteiger partial charge in [-0.25, -0.2) is 0 Å². The highest BCUT2D eigenvalue weighted by molar-refractivity contribution is 5.78. The zero-order valence-electron chi connectivity index (χ0n) is 11.8. The standard InChI is InChI=1S/C16H23NO2/c1-16(2,11-18)10-17-15(19)9-12-6-7-13-4-3-5-14(13)8-12/h6-8,18H,3-5,9-11H2,1-2H3,(H,17,19). The van der Waals surface area contributed by atoms with Crippen LogP contribution in [0.5, 0.6) is 0 Å². The Balaban J connectivity index is 1.89. The summed E-state index contributed by atoms with van der Waals surface area (Å²) in [7, 11) is 0. The van der Waals surface area contributed by atoms with E-state index in [4.69, 9.17) is 5.11 Å². The average Bonchev–Trinajstić information content (AvgIpc) is 2.84. The van der Waals surface area contributed by atoms with Crippen molar-refractivity contribution in [3.8, 4) is 0 Å². The molecule has 0 fully saturated rings. The molecule has 0 saturated carbocycles. The van der Waals surface area contributed by atoms with E-state index in [2.05, 4.69) is 23.5 Å². The maximum atomic E-state index is 11.9. The summed E-state index contributed by atoms with van der Waals surface area (Å²) in [6.45, 7) is 4.45. The highest BCUT2D eigenvalue weighted by atomic mass is 16.3. The molecule has 2 N–H and O–H groups in total. The van der Waals surface area contributed by atoms with Gasteiger partial charge in [0.05, 0.1) is 6.42 Å². The molecule has 0 atom stereocenters. The van der Waals surface area contributed by atoms with E-state index in [1.807, 2.05) is 13.8 Å². The first-order valence-electron chi connectivity index (χ1n) is 6.98. The molecule has 0 unspecified atom stereocenters. The van der Waals surface area contributed by atoms with Gasteiger partial charge in [-0.05, 0) is 36.0 Å². The highest BCUT2D eigenvalue weighted by Crippen LogP contribution is 2.23. The number of carbonyl (C=O) groups is 1. The Bertz CT molecular complexity index is 466. The number of aliphatic hydroxyl groups excluding tert-OH is 1. The lowest BCUT2D eigenvalue weighted by atomic mass is 9.95. The quantitative estimate of drug-likeness (QED) is 0.850. The van der Waals surface area contributed by atoms with Crippen molar-refractivity contribution in [1.29, 1.82) is 0 Å². The normalized spacial score (nSPS) is 14.3. The second-order valence-corrected chi connectivity index (χ2v) is 6.23. The van der Waals surface area contributed by atoms with Crippen LogP contribution in [0, 0.1) is 5.41 Å². The second kappa shape index (κ2) is 5.74. The largest absolute Gasteiger partial charge is 0.396 e. The summed E-state index contributed by atoms with van der Waals surface area (Å²) >= 11 is 0. The van der Waals surface area contributed by atoms with Crippen molar-refractivity contribution in [2.75, 3.05) is 13.2 Å². The number of hydrogen-bond donors (Lipinski definition) is 2. The van der Waals surface area contributed by atoms with E-state index in [0.29, 0.717) is 13.0 Å². The summed E-state index contributed by atoms with van der Waals surface area (Å²) in [6, 6.07) is 6.38. The average molecular weight is 261 g/mol. The first-order chi connectivity index (χ1) is 9.00. The monoisotopic (exact) mass is 261 g/mol. The van der Waals surface area contributed by atoms with Gasteiger partial charge in [-0.15, -0.1) is 0 Å². The molecule has 2 rings (SSSR count). The lowest BCUT2D eigenvalue weighted by Crippen LogP contribution is -2.36. The minimum atomic E-state index is -0.256. The Labute approximate surface area is 115 Å². The summed E-state index contributed by atoms with van der Waals surface area (Å²) in [6.07, 6.45) is 3.97. The molecule has 1 amide bonds. The van der Waals surface area contributed by atoms with Crippen molar-refractivity contribution in [2.45, 2.75) is 39.5 Å². The first kappa shape index (κ1) is 14.1. The SMILES string of the molecule is CC(C)(CO)CNC(=O)Cc1ccc2c(c1)CCC2. The van der Waals surface area contributed by atoms with Crippen molar-refractivity contribution in [2.24, 2.45) is 5.41 Å². The third-order valence-electron chi connectivity index (χ3n) is 3.72. The molecular weight excluding hydrogens is 238 g/mol. The summed E-state index contributed by atoms with van der Waals surface area (Å²) in [5, 5.41) is 12.0. The van der Waals surface area contributed by atoms with Gasteiger partial charge in [0, 0.05) is 18.6 Å². The van der Waals surface area contributed by atoms with Crippen molar-refractivity contribution >= 4 is 5.91 Å². The Morgan fingerprint density at radius 3 is 2.79 bits per heavy atom. The molecule has 0 bridgehead atoms. The van der Waals surface area contributed by atoms with Gasteiger partial charge in [-0.1, -0.05) is 32.0 Å². The van der Waals surface area contributed by atoms with Crippen LogP contribution in [0.25, 0.3) is 0 Å². The van der Waals surface area contributed by atoms with Gasteiger partial charge in [0.25, 0.3) is 0 Å². The van der Waals surface area contributed by atoms with E-state index in [1.54, 1.807) is 0 Å². The van der Waals surface area contributed by atoms with E-state index < -0.39 is 0 Å². The zero-order chi connectivity index (χ0) is 13.9. The molecule has 104 valence electrons. The van der Waals surface area contributed by atoms with Crippen molar-refractivity contribution in [3.05, 3.63) is 34.9 Å². The molecule has 1 aromatic rings. The predicted octanol–water partition coefficient (Wildman–Crippen LogP) is 1.85. The molecule has 3 nitrogen and oxygen atoms in total. The van der Waals surface area contributed by atoms with Gasteiger partial charge in [-0.2, -0.15) is 0 Å². The van der Waals surface area contributed by atoms with Gasteiger partial charge in [0.1, 0.15) is 0 Å². The van der Waals surface area contributed by atoms with E-state index in [-0.39, 0.29) is 17.9 Å². The number of benzene rings is 1. The smallest absolute Gasteiger partial charge is 0.224 e. The van der Waals surface area contributed by atoms with Crippen LogP contribution in [0.4, 0.5) is 0 Å². The van der Waals surface area contributed by atoms with Crippen molar-refractivity contribution in [3.63, 3.8) is 0 Å². The maximum Gasteiger partial charge on any atom is 0.224 e. The fourth-order valence-electron chi connectivity index (χ4n) is 2.38. The zero-order valence-corrected chi connectivity index (χ0v) is 11.8. The number of fused-ring (bicyclic) bond motifs is 1. The van der Waals surface area contributed by atoms with Crippen LogP contribution in [-0.4, -0.2) is 24.2 Å². The minimum Gasteiger partial charge on any atom is -0.396 e. The van der Waals surface area contributed by atoms with Crippen LogP contribution < -0.4 is 5.32 Å². The lowest BCUT2D eigenvalue weighted by molar-refractivity contribution is -0.121. The van der Waals surface area contributed by atoms with Gasteiger partial charge in [0.2, 0.25) is 5.91 Å². The third-order valence-corrected chi connectivity index (χ3v) is 3.72. The van der Waals surface area contributed by atoms with E-state index in [9.17, 15) is 4.79 Å². The number of aliphatic hydroxyl groups is 1. The Kier molecular flexibility index (Phi) is 4.25. The Morgan fingerprint density at radius 1 is 1.32 bits per heavy atom. The van der Waals surface area contributed by atoms with E-state index in [0.717, 1.165) is 12.0 Å². The van der Waals surface area contributed by atoms with Crippen LogP contribution in [-0.2, 0) is 24.1 Å². The first-order valence-corrected chi connectivity index (χ1v) is 6.98. The highest BCUT2D eigenvalue weighted by Gasteiger charge is 2.18. The summed E-state index contributed by atoms with van der Waals surface area (Å²) < 4.78 is 0. The van der Waals surface area contributed by atoms with Gasteiger partial charge in [0.15, 0.2) is 0 Å². The van der Waals surface area contributed by atoms with Gasteiger partial charge in [-0.3, -0.25) is 4.79 Å². The third kappa shape index (κ3) is 3.80. The topological polar surface area (TPSA) is 49.3 Å². The predicted molar refractivity (Wildman–Crippen MR) is 76.0 cm³/mol. The fraction of sp³-hybridized carbons (Fsp3) is 0.562. The summed E-state index contributed by atoms with van der Waals surface area (Å²) in [5.41, 5.74) is 3.67. The lowest BCUT2D eigenvalue weighted by Gasteiger charge is -2.21. The van der Waals surface area contributed by atoms with Gasteiger partial charge < -0.3 is 10.4 Å². The van der Waals surface area contributed by atoms with Crippen LogP contribution in [0.2, 0.25) is 0 Å². The van der Waals surface area contributed by atoms with E-state index in [1.165, 1.54) is 24.0 Å². The van der Waals surface area contributed by atoms with Crippen LogP contribution >= 0.6 is 0 Å². The molecule has 3 heteroatoms. The molecule has 0 heterocycles. The number of rotatable bonds is 5.